The number of benzene rings is 1. The molecule has 0 aliphatic rings. The van der Waals surface area contributed by atoms with Crippen LogP contribution < -0.4 is 14.8 Å². The Kier molecular flexibility index (Phi) is 5.40. The van der Waals surface area contributed by atoms with E-state index in [4.69, 9.17) is 4.74 Å². The molecule has 0 bridgehead atoms. The molecule has 0 unspecified atom stereocenters. The van der Waals surface area contributed by atoms with E-state index in [0.29, 0.717) is 5.69 Å². The smallest absolute Gasteiger partial charge is 0.479 e. The van der Waals surface area contributed by atoms with Crippen molar-refractivity contribution in [1.29, 1.82) is 0 Å². The summed E-state index contributed by atoms with van der Waals surface area (Å²) in [7, 11) is 1.30. The van der Waals surface area contributed by atoms with Crippen LogP contribution in [0.5, 0.6) is 11.6 Å². The molecule has 6 nitrogen and oxygen atoms in total. The van der Waals surface area contributed by atoms with Gasteiger partial charge in [-0.1, -0.05) is 0 Å². The highest BCUT2D eigenvalue weighted by Gasteiger charge is 2.31. The topological polar surface area (TPSA) is 73.3 Å². The minimum Gasteiger partial charge on any atom is -0.479 e. The summed E-state index contributed by atoms with van der Waals surface area (Å²) >= 11 is 0. The summed E-state index contributed by atoms with van der Waals surface area (Å²) in [6.45, 7) is 1.24. The van der Waals surface area contributed by atoms with Gasteiger partial charge in [-0.2, -0.15) is 0 Å². The number of aryl methyl sites for hydroxylation is 1. The molecule has 0 radical (unpaired) electrons. The predicted octanol–water partition coefficient (Wildman–Crippen LogP) is 2.76. The van der Waals surface area contributed by atoms with Crippen LogP contribution in [0.3, 0.4) is 0 Å². The number of methoxy groups -OCH3 is 1. The van der Waals surface area contributed by atoms with Crippen molar-refractivity contribution < 1.29 is 31.8 Å². The van der Waals surface area contributed by atoms with Gasteiger partial charge in [0.1, 0.15) is 11.6 Å². The van der Waals surface area contributed by atoms with Gasteiger partial charge in [0.25, 0.3) is 5.91 Å². The first-order chi connectivity index (χ1) is 11.7. The van der Waals surface area contributed by atoms with E-state index in [1.165, 1.54) is 13.3 Å². The van der Waals surface area contributed by atoms with Crippen LogP contribution in [0.25, 0.3) is 0 Å². The highest BCUT2D eigenvalue weighted by Crippen LogP contribution is 2.24. The zero-order valence-electron chi connectivity index (χ0n) is 13.1. The quantitative estimate of drug-likeness (QED) is 0.831. The number of aromatic nitrogens is 2. The molecule has 134 valence electrons. The molecule has 2 rings (SSSR count). The Bertz CT molecular complexity index is 781. The third kappa shape index (κ3) is 5.03. The van der Waals surface area contributed by atoms with Crippen LogP contribution >= 0.6 is 0 Å². The number of rotatable bonds is 5. The normalized spacial score (nSPS) is 11.1. The number of carbonyl (C=O) groups is 1. The molecule has 1 aromatic carbocycles. The van der Waals surface area contributed by atoms with Crippen molar-refractivity contribution in [3.63, 3.8) is 0 Å². The summed E-state index contributed by atoms with van der Waals surface area (Å²) in [5.41, 5.74) is 0.151. The Morgan fingerprint density at radius 3 is 2.68 bits per heavy atom. The number of alkyl halides is 3. The molecule has 0 aliphatic carbocycles. The van der Waals surface area contributed by atoms with Crippen molar-refractivity contribution in [2.75, 3.05) is 7.11 Å². The highest BCUT2D eigenvalue weighted by molar-refractivity contribution is 5.94. The van der Waals surface area contributed by atoms with Gasteiger partial charge in [0.2, 0.25) is 5.88 Å². The number of nitrogens with zero attached hydrogens (tertiary/aromatic N) is 2. The van der Waals surface area contributed by atoms with Gasteiger partial charge >= 0.3 is 6.36 Å². The Balaban J connectivity index is 2.14. The average Bonchev–Trinajstić information content (AvgIpc) is 2.53. The largest absolute Gasteiger partial charge is 0.573 e. The molecule has 10 heteroatoms. The van der Waals surface area contributed by atoms with E-state index >= 15 is 0 Å². The van der Waals surface area contributed by atoms with Gasteiger partial charge in [-0.05, 0) is 25.1 Å². The molecular weight excluding hydrogens is 346 g/mol. The lowest BCUT2D eigenvalue weighted by Gasteiger charge is -2.12. The molecule has 0 aliphatic heterocycles. The third-order valence-electron chi connectivity index (χ3n) is 2.96. The lowest BCUT2D eigenvalue weighted by Crippen LogP contribution is -2.25. The zero-order valence-corrected chi connectivity index (χ0v) is 13.1. The molecular formula is C15H13F4N3O3. The summed E-state index contributed by atoms with van der Waals surface area (Å²) in [5.74, 6) is -2.13. The van der Waals surface area contributed by atoms with Crippen LogP contribution in [-0.4, -0.2) is 29.3 Å². The maximum absolute atomic E-state index is 13.7. The van der Waals surface area contributed by atoms with E-state index < -0.39 is 23.8 Å². The van der Waals surface area contributed by atoms with E-state index in [9.17, 15) is 22.4 Å². The fourth-order valence-electron chi connectivity index (χ4n) is 1.91. The Labute approximate surface area is 139 Å². The van der Waals surface area contributed by atoms with Crippen LogP contribution in [0.2, 0.25) is 0 Å². The minimum atomic E-state index is -4.90. The highest BCUT2D eigenvalue weighted by atomic mass is 19.4. The van der Waals surface area contributed by atoms with E-state index in [1.54, 1.807) is 6.92 Å². The Morgan fingerprint density at radius 1 is 1.32 bits per heavy atom. The molecule has 0 saturated heterocycles. The number of halogens is 4. The van der Waals surface area contributed by atoms with Gasteiger partial charge in [0.05, 0.1) is 19.0 Å². The first-order valence-electron chi connectivity index (χ1n) is 6.89. The van der Waals surface area contributed by atoms with Crippen LogP contribution in [0.1, 0.15) is 21.7 Å². The second-order valence-corrected chi connectivity index (χ2v) is 4.85. The predicted molar refractivity (Wildman–Crippen MR) is 77.6 cm³/mol. The first kappa shape index (κ1) is 18.4. The van der Waals surface area contributed by atoms with Crippen LogP contribution in [0, 0.1) is 12.7 Å². The van der Waals surface area contributed by atoms with Crippen LogP contribution in [0.4, 0.5) is 17.6 Å². The minimum absolute atomic E-state index is 0.0299. The molecule has 0 fully saturated rings. The second-order valence-electron chi connectivity index (χ2n) is 4.85. The molecule has 1 heterocycles. The van der Waals surface area contributed by atoms with Gasteiger partial charge in [0.15, 0.2) is 5.69 Å². The summed E-state index contributed by atoms with van der Waals surface area (Å²) in [6.07, 6.45) is -3.50. The number of nitrogens with one attached hydrogen (secondary N) is 1. The number of hydrogen-bond acceptors (Lipinski definition) is 5. The summed E-state index contributed by atoms with van der Waals surface area (Å²) in [5, 5.41) is 2.35. The van der Waals surface area contributed by atoms with Crippen molar-refractivity contribution in [2.45, 2.75) is 19.8 Å². The Morgan fingerprint density at radius 2 is 2.04 bits per heavy atom. The van der Waals surface area contributed by atoms with Gasteiger partial charge in [-0.3, -0.25) is 4.79 Å². The molecule has 1 amide bonds. The van der Waals surface area contributed by atoms with E-state index in [2.05, 4.69) is 20.0 Å². The monoisotopic (exact) mass is 359 g/mol. The number of ether oxygens (including phenoxy) is 2. The Hall–Kier alpha value is -2.91. The van der Waals surface area contributed by atoms with Crippen molar-refractivity contribution in [3.05, 3.63) is 47.2 Å². The van der Waals surface area contributed by atoms with Gasteiger partial charge in [0, 0.05) is 12.1 Å². The number of hydrogen-bond donors (Lipinski definition) is 1. The fraction of sp³-hybridized carbons (Fsp3) is 0.267. The van der Waals surface area contributed by atoms with Crippen molar-refractivity contribution >= 4 is 5.91 Å². The number of carbonyl (C=O) groups excluding carboxylic acids is 1. The molecule has 1 aromatic heterocycles. The van der Waals surface area contributed by atoms with Crippen LogP contribution in [0.15, 0.2) is 24.4 Å². The molecule has 0 saturated carbocycles. The zero-order chi connectivity index (χ0) is 18.6. The van der Waals surface area contributed by atoms with Crippen molar-refractivity contribution in [2.24, 2.45) is 0 Å². The van der Waals surface area contributed by atoms with E-state index in [-0.39, 0.29) is 23.7 Å². The summed E-state index contributed by atoms with van der Waals surface area (Å²) in [6, 6.07) is 2.50. The van der Waals surface area contributed by atoms with E-state index in [0.717, 1.165) is 18.2 Å². The molecule has 0 spiro atoms. The molecule has 0 atom stereocenters. The van der Waals surface area contributed by atoms with Gasteiger partial charge < -0.3 is 14.8 Å². The standard InChI is InChI=1S/C15H13F4N3O3/c1-8-6-21-14(24-2)12(22-8)13(23)20-7-9-5-10(3-4-11(9)16)25-15(17,18)19/h3-6H,7H2,1-2H3,(H,20,23). The summed E-state index contributed by atoms with van der Waals surface area (Å²) < 4.78 is 59.0. The maximum atomic E-state index is 13.7. The average molecular weight is 359 g/mol. The molecule has 2 aromatic rings. The first-order valence-corrected chi connectivity index (χ1v) is 6.89. The lowest BCUT2D eigenvalue weighted by atomic mass is 10.2. The molecule has 1 N–H and O–H groups in total. The number of amides is 1. The molecule has 25 heavy (non-hydrogen) atoms. The van der Waals surface area contributed by atoms with E-state index in [1.807, 2.05) is 0 Å². The third-order valence-corrected chi connectivity index (χ3v) is 2.96. The lowest BCUT2D eigenvalue weighted by molar-refractivity contribution is -0.274. The SMILES string of the molecule is COc1ncc(C)nc1C(=O)NCc1cc(OC(F)(F)F)ccc1F. The fourth-order valence-corrected chi connectivity index (χ4v) is 1.91. The van der Waals surface area contributed by atoms with Gasteiger partial charge in [-0.15, -0.1) is 13.2 Å². The second kappa shape index (κ2) is 7.32. The maximum Gasteiger partial charge on any atom is 0.573 e. The van der Waals surface area contributed by atoms with Crippen molar-refractivity contribution in [1.82, 2.24) is 15.3 Å². The van der Waals surface area contributed by atoms with Crippen LogP contribution in [-0.2, 0) is 6.54 Å². The summed E-state index contributed by atoms with van der Waals surface area (Å²) in [4.78, 5) is 20.0. The van der Waals surface area contributed by atoms with Gasteiger partial charge in [-0.25, -0.2) is 14.4 Å². The van der Waals surface area contributed by atoms with Crippen molar-refractivity contribution in [3.8, 4) is 11.6 Å².